The molecule has 0 aromatic heterocycles. The Hall–Kier alpha value is -0.0800. The van der Waals surface area contributed by atoms with Crippen molar-refractivity contribution < 1.29 is 0 Å². The quantitative estimate of drug-likeness (QED) is 0.632. The molecule has 1 fully saturated rings. The monoisotopic (exact) mass is 170 g/mol. The molecule has 1 aliphatic rings. The van der Waals surface area contributed by atoms with Gasteiger partial charge in [-0.2, -0.15) is 0 Å². The Kier molecular flexibility index (Phi) is 3.53. The maximum absolute atomic E-state index is 2.62. The van der Waals surface area contributed by atoms with E-state index >= 15 is 0 Å². The van der Waals surface area contributed by atoms with E-state index < -0.39 is 0 Å². The topological polar surface area (TPSA) is 6.48 Å². The molecule has 1 heterocycles. The van der Waals surface area contributed by atoms with Crippen LogP contribution >= 0.6 is 0 Å². The Morgan fingerprint density at radius 1 is 1.42 bits per heavy atom. The van der Waals surface area contributed by atoms with Crippen LogP contribution in [-0.2, 0) is 0 Å². The van der Waals surface area contributed by atoms with Gasteiger partial charge in [-0.3, -0.25) is 4.90 Å². The van der Waals surface area contributed by atoms with Gasteiger partial charge in [0.1, 0.15) is 0 Å². The van der Waals surface area contributed by atoms with Gasteiger partial charge in [0.15, 0.2) is 0 Å². The Labute approximate surface area is 76.5 Å². The first-order valence-corrected chi connectivity index (χ1v) is 5.01. The van der Waals surface area contributed by atoms with Crippen LogP contribution in [0.4, 0.5) is 0 Å². The largest absolute Gasteiger partial charge is 0.308 e. The zero-order valence-corrected chi connectivity index (χ0v) is 8.88. The molecule has 72 valence electrons. The van der Waals surface area contributed by atoms with Crippen molar-refractivity contribution in [3.63, 3.8) is 0 Å². The summed E-state index contributed by atoms with van der Waals surface area (Å²) in [5.41, 5.74) is 0. The normalized spacial score (nSPS) is 26.0. The standard InChI is InChI=1S/C10H22N2/c1-9(2)12-7-5-6-10(12)8-11(3)4/h9-10H,5-8H2,1-4H3. The zero-order chi connectivity index (χ0) is 9.14. The van der Waals surface area contributed by atoms with E-state index in [0.29, 0.717) is 0 Å². The highest BCUT2D eigenvalue weighted by Gasteiger charge is 2.26. The van der Waals surface area contributed by atoms with E-state index in [1.165, 1.54) is 25.9 Å². The maximum Gasteiger partial charge on any atom is 0.0226 e. The molecule has 0 aromatic carbocycles. The van der Waals surface area contributed by atoms with Gasteiger partial charge in [-0.25, -0.2) is 0 Å². The maximum atomic E-state index is 2.62. The first kappa shape index (κ1) is 10.0. The van der Waals surface area contributed by atoms with Gasteiger partial charge in [0.05, 0.1) is 0 Å². The third kappa shape index (κ3) is 2.46. The minimum atomic E-state index is 0.720. The molecule has 0 radical (unpaired) electrons. The molecular weight excluding hydrogens is 148 g/mol. The molecule has 1 unspecified atom stereocenters. The van der Waals surface area contributed by atoms with Crippen molar-refractivity contribution in [1.29, 1.82) is 0 Å². The van der Waals surface area contributed by atoms with E-state index in [9.17, 15) is 0 Å². The predicted octanol–water partition coefficient (Wildman–Crippen LogP) is 1.42. The SMILES string of the molecule is CC(C)N1CCCC1CN(C)C. The number of hydrogen-bond donors (Lipinski definition) is 0. The van der Waals surface area contributed by atoms with E-state index in [4.69, 9.17) is 0 Å². The highest BCUT2D eigenvalue weighted by molar-refractivity contribution is 4.82. The summed E-state index contributed by atoms with van der Waals surface area (Å²) < 4.78 is 0. The van der Waals surface area contributed by atoms with Crippen molar-refractivity contribution in [3.8, 4) is 0 Å². The lowest BCUT2D eigenvalue weighted by molar-refractivity contribution is 0.171. The van der Waals surface area contributed by atoms with Gasteiger partial charge in [-0.1, -0.05) is 0 Å². The second kappa shape index (κ2) is 4.24. The Morgan fingerprint density at radius 3 is 2.58 bits per heavy atom. The number of hydrogen-bond acceptors (Lipinski definition) is 2. The van der Waals surface area contributed by atoms with Crippen molar-refractivity contribution in [2.75, 3.05) is 27.2 Å². The number of likely N-dealkylation sites (tertiary alicyclic amines) is 1. The van der Waals surface area contributed by atoms with Crippen LogP contribution in [0.1, 0.15) is 26.7 Å². The number of likely N-dealkylation sites (N-methyl/N-ethyl adjacent to an activating group) is 1. The molecule has 12 heavy (non-hydrogen) atoms. The van der Waals surface area contributed by atoms with Crippen LogP contribution < -0.4 is 0 Å². The predicted molar refractivity (Wildman–Crippen MR) is 53.4 cm³/mol. The first-order chi connectivity index (χ1) is 5.61. The second-order valence-electron chi connectivity index (χ2n) is 4.39. The third-order valence-electron chi connectivity index (χ3n) is 2.66. The number of nitrogens with zero attached hydrogens (tertiary/aromatic N) is 2. The van der Waals surface area contributed by atoms with Crippen molar-refractivity contribution in [2.24, 2.45) is 0 Å². The molecule has 0 amide bonds. The summed E-state index contributed by atoms with van der Waals surface area (Å²) in [6.45, 7) is 7.12. The molecule has 2 nitrogen and oxygen atoms in total. The van der Waals surface area contributed by atoms with Crippen molar-refractivity contribution >= 4 is 0 Å². The molecule has 0 spiro atoms. The molecule has 1 rings (SSSR count). The Balaban J connectivity index is 2.41. The average Bonchev–Trinajstić information content (AvgIpc) is 2.33. The molecule has 0 aliphatic carbocycles. The lowest BCUT2D eigenvalue weighted by Crippen LogP contribution is -2.41. The second-order valence-corrected chi connectivity index (χ2v) is 4.39. The lowest BCUT2D eigenvalue weighted by atomic mass is 10.2. The molecule has 0 saturated carbocycles. The van der Waals surface area contributed by atoms with Crippen LogP contribution in [0, 0.1) is 0 Å². The van der Waals surface area contributed by atoms with E-state index in [1.807, 2.05) is 0 Å². The van der Waals surface area contributed by atoms with Gasteiger partial charge in [-0.15, -0.1) is 0 Å². The van der Waals surface area contributed by atoms with Crippen LogP contribution in [-0.4, -0.2) is 49.1 Å². The fourth-order valence-electron chi connectivity index (χ4n) is 2.16. The van der Waals surface area contributed by atoms with Crippen LogP contribution in [0.5, 0.6) is 0 Å². The highest BCUT2D eigenvalue weighted by Crippen LogP contribution is 2.19. The van der Waals surface area contributed by atoms with E-state index in [1.54, 1.807) is 0 Å². The fraction of sp³-hybridized carbons (Fsp3) is 1.00. The smallest absolute Gasteiger partial charge is 0.0226 e. The first-order valence-electron chi connectivity index (χ1n) is 5.01. The van der Waals surface area contributed by atoms with Crippen LogP contribution in [0.2, 0.25) is 0 Å². The summed E-state index contributed by atoms with van der Waals surface area (Å²) in [5, 5.41) is 0. The van der Waals surface area contributed by atoms with Crippen molar-refractivity contribution in [1.82, 2.24) is 9.80 Å². The average molecular weight is 170 g/mol. The van der Waals surface area contributed by atoms with Gasteiger partial charge in [-0.05, 0) is 47.3 Å². The molecule has 0 bridgehead atoms. The summed E-state index contributed by atoms with van der Waals surface area (Å²) in [6, 6.07) is 1.53. The third-order valence-corrected chi connectivity index (χ3v) is 2.66. The molecule has 0 aromatic rings. The van der Waals surface area contributed by atoms with E-state index in [0.717, 1.165) is 12.1 Å². The van der Waals surface area contributed by atoms with Gasteiger partial charge in [0.2, 0.25) is 0 Å². The minimum absolute atomic E-state index is 0.720. The highest BCUT2D eigenvalue weighted by atomic mass is 15.2. The van der Waals surface area contributed by atoms with Crippen LogP contribution in [0.15, 0.2) is 0 Å². The molecule has 0 N–H and O–H groups in total. The summed E-state index contributed by atoms with van der Waals surface area (Å²) >= 11 is 0. The van der Waals surface area contributed by atoms with Crippen molar-refractivity contribution in [3.05, 3.63) is 0 Å². The minimum Gasteiger partial charge on any atom is -0.308 e. The van der Waals surface area contributed by atoms with Gasteiger partial charge in [0, 0.05) is 18.6 Å². The van der Waals surface area contributed by atoms with E-state index in [2.05, 4.69) is 37.7 Å². The zero-order valence-electron chi connectivity index (χ0n) is 8.88. The molecule has 1 atom stereocenters. The van der Waals surface area contributed by atoms with Crippen LogP contribution in [0.3, 0.4) is 0 Å². The summed E-state index contributed by atoms with van der Waals surface area (Å²) in [5.74, 6) is 0. The Morgan fingerprint density at radius 2 is 2.08 bits per heavy atom. The van der Waals surface area contributed by atoms with Gasteiger partial charge < -0.3 is 4.90 Å². The van der Waals surface area contributed by atoms with Gasteiger partial charge >= 0.3 is 0 Å². The lowest BCUT2D eigenvalue weighted by Gasteiger charge is -2.30. The van der Waals surface area contributed by atoms with E-state index in [-0.39, 0.29) is 0 Å². The molecule has 2 heteroatoms. The van der Waals surface area contributed by atoms with Crippen LogP contribution in [0.25, 0.3) is 0 Å². The van der Waals surface area contributed by atoms with Crippen molar-refractivity contribution in [2.45, 2.75) is 38.8 Å². The fourth-order valence-corrected chi connectivity index (χ4v) is 2.16. The summed E-state index contributed by atoms with van der Waals surface area (Å²) in [7, 11) is 4.33. The molecule has 1 saturated heterocycles. The summed E-state index contributed by atoms with van der Waals surface area (Å²) in [4.78, 5) is 4.92. The molecule has 1 aliphatic heterocycles. The molecular formula is C10H22N2. The Bertz CT molecular complexity index is 132. The summed E-state index contributed by atoms with van der Waals surface area (Å²) in [6.07, 6.45) is 2.77. The van der Waals surface area contributed by atoms with Gasteiger partial charge in [0.25, 0.3) is 0 Å². The number of rotatable bonds is 3.